The van der Waals surface area contributed by atoms with Crippen molar-refractivity contribution in [3.05, 3.63) is 95.3 Å². The minimum absolute atomic E-state index is 0.117. The highest BCUT2D eigenvalue weighted by molar-refractivity contribution is 7.92. The maximum atomic E-state index is 13.8. The van der Waals surface area contributed by atoms with Gasteiger partial charge in [-0.3, -0.25) is 13.9 Å². The quantitative estimate of drug-likeness (QED) is 0.409. The molecule has 1 N–H and O–H groups in total. The zero-order chi connectivity index (χ0) is 28.0. The molecule has 0 aromatic heterocycles. The number of carbonyl (C=O) groups excluding carboxylic acids is 2. The highest BCUT2D eigenvalue weighted by Crippen LogP contribution is 2.25. The van der Waals surface area contributed by atoms with Gasteiger partial charge in [0.2, 0.25) is 11.8 Å². The van der Waals surface area contributed by atoms with Gasteiger partial charge in [-0.05, 0) is 76.6 Å². The number of hydrogen-bond donors (Lipinski definition) is 1. The SMILES string of the molecule is Cc1ccc(N(CC(=O)N(Cc2cccc(C)c2)C(C)C(=O)NC(C)C)S(=O)(=O)c2ccc(F)cc2)cc1. The Hall–Kier alpha value is -3.72. The number of amides is 2. The number of benzene rings is 3. The molecule has 0 fully saturated rings. The summed E-state index contributed by atoms with van der Waals surface area (Å²) in [5, 5.41) is 2.83. The summed E-state index contributed by atoms with van der Waals surface area (Å²) in [7, 11) is -4.24. The van der Waals surface area contributed by atoms with E-state index in [1.165, 1.54) is 17.0 Å². The monoisotopic (exact) mass is 539 g/mol. The van der Waals surface area contributed by atoms with E-state index < -0.39 is 34.3 Å². The van der Waals surface area contributed by atoms with Crippen molar-refractivity contribution in [2.75, 3.05) is 10.8 Å². The van der Waals surface area contributed by atoms with Gasteiger partial charge in [0.1, 0.15) is 18.4 Å². The standard InChI is InChI=1S/C29H34FN3O4S/c1-20(2)31-29(35)23(5)32(18-24-8-6-7-22(4)17-24)28(34)19-33(26-13-9-21(3)10-14-26)38(36,37)27-15-11-25(30)12-16-27/h6-17,20,23H,18-19H2,1-5H3,(H,31,35). The number of hydrogen-bond acceptors (Lipinski definition) is 4. The fourth-order valence-electron chi connectivity index (χ4n) is 3.97. The number of rotatable bonds is 10. The van der Waals surface area contributed by atoms with Gasteiger partial charge in [-0.15, -0.1) is 0 Å². The number of sulfonamides is 1. The third kappa shape index (κ3) is 7.19. The Morgan fingerprint density at radius 3 is 2.11 bits per heavy atom. The fourth-order valence-corrected chi connectivity index (χ4v) is 5.38. The zero-order valence-electron chi connectivity index (χ0n) is 22.3. The van der Waals surface area contributed by atoms with E-state index in [1.54, 1.807) is 31.2 Å². The first-order valence-electron chi connectivity index (χ1n) is 12.4. The molecule has 202 valence electrons. The average Bonchev–Trinajstić information content (AvgIpc) is 2.86. The Labute approximate surface area is 224 Å². The van der Waals surface area contributed by atoms with E-state index in [4.69, 9.17) is 0 Å². The van der Waals surface area contributed by atoms with E-state index in [1.807, 2.05) is 52.0 Å². The molecule has 0 aliphatic heterocycles. The van der Waals surface area contributed by atoms with E-state index in [-0.39, 0.29) is 29.1 Å². The lowest BCUT2D eigenvalue weighted by atomic mass is 10.1. The molecule has 0 bridgehead atoms. The molecule has 3 aromatic carbocycles. The van der Waals surface area contributed by atoms with E-state index in [0.29, 0.717) is 0 Å². The van der Waals surface area contributed by atoms with Crippen LogP contribution < -0.4 is 9.62 Å². The number of nitrogens with one attached hydrogen (secondary N) is 1. The van der Waals surface area contributed by atoms with Gasteiger partial charge in [0.05, 0.1) is 10.6 Å². The Bertz CT molecular complexity index is 1370. The lowest BCUT2D eigenvalue weighted by molar-refractivity contribution is -0.139. The van der Waals surface area contributed by atoms with Gasteiger partial charge in [0, 0.05) is 12.6 Å². The smallest absolute Gasteiger partial charge is 0.264 e. The summed E-state index contributed by atoms with van der Waals surface area (Å²) in [5.41, 5.74) is 3.00. The van der Waals surface area contributed by atoms with Crippen LogP contribution in [0, 0.1) is 19.7 Å². The van der Waals surface area contributed by atoms with Crippen molar-refractivity contribution in [2.45, 2.75) is 58.1 Å². The van der Waals surface area contributed by atoms with Gasteiger partial charge >= 0.3 is 0 Å². The molecule has 0 saturated heterocycles. The summed E-state index contributed by atoms with van der Waals surface area (Å²) in [4.78, 5) is 28.0. The van der Waals surface area contributed by atoms with Crippen molar-refractivity contribution >= 4 is 27.5 Å². The van der Waals surface area contributed by atoms with E-state index in [0.717, 1.165) is 33.1 Å². The average molecular weight is 540 g/mol. The molecule has 1 unspecified atom stereocenters. The molecule has 3 aromatic rings. The third-order valence-corrected chi connectivity index (χ3v) is 7.82. The van der Waals surface area contributed by atoms with Gasteiger partial charge < -0.3 is 10.2 Å². The first-order chi connectivity index (χ1) is 17.9. The van der Waals surface area contributed by atoms with E-state index >= 15 is 0 Å². The Morgan fingerprint density at radius 1 is 0.895 bits per heavy atom. The molecule has 1 atom stereocenters. The molecule has 0 spiro atoms. The predicted octanol–water partition coefficient (Wildman–Crippen LogP) is 4.58. The van der Waals surface area contributed by atoms with Crippen molar-refractivity contribution in [2.24, 2.45) is 0 Å². The molecule has 38 heavy (non-hydrogen) atoms. The van der Waals surface area contributed by atoms with Gasteiger partial charge in [-0.1, -0.05) is 47.5 Å². The van der Waals surface area contributed by atoms with Crippen LogP contribution in [-0.2, 0) is 26.2 Å². The van der Waals surface area contributed by atoms with Gasteiger partial charge in [-0.25, -0.2) is 12.8 Å². The van der Waals surface area contributed by atoms with Crippen LogP contribution in [-0.4, -0.2) is 43.8 Å². The third-order valence-electron chi connectivity index (χ3n) is 6.04. The van der Waals surface area contributed by atoms with Crippen molar-refractivity contribution in [1.29, 1.82) is 0 Å². The number of aryl methyl sites for hydroxylation is 2. The highest BCUT2D eigenvalue weighted by Gasteiger charge is 2.32. The fraction of sp³-hybridized carbons (Fsp3) is 0.310. The van der Waals surface area contributed by atoms with Crippen LogP contribution in [0.5, 0.6) is 0 Å². The number of carbonyl (C=O) groups is 2. The topological polar surface area (TPSA) is 86.8 Å². The first-order valence-corrected chi connectivity index (χ1v) is 13.8. The van der Waals surface area contributed by atoms with E-state index in [2.05, 4.69) is 5.32 Å². The molecule has 0 heterocycles. The minimum Gasteiger partial charge on any atom is -0.352 e. The molecule has 7 nitrogen and oxygen atoms in total. The molecular weight excluding hydrogens is 505 g/mol. The number of nitrogens with zero attached hydrogens (tertiary/aromatic N) is 2. The van der Waals surface area contributed by atoms with Gasteiger partial charge in [0.25, 0.3) is 10.0 Å². The Balaban J connectivity index is 2.02. The first kappa shape index (κ1) is 28.8. The molecule has 0 saturated carbocycles. The Kier molecular flexibility index (Phi) is 9.27. The van der Waals surface area contributed by atoms with Gasteiger partial charge in [-0.2, -0.15) is 0 Å². The molecule has 3 rings (SSSR count). The van der Waals surface area contributed by atoms with Crippen molar-refractivity contribution < 1.29 is 22.4 Å². The lowest BCUT2D eigenvalue weighted by Gasteiger charge is -2.32. The van der Waals surface area contributed by atoms with Crippen LogP contribution in [0.1, 0.15) is 37.5 Å². The van der Waals surface area contributed by atoms with Crippen LogP contribution in [0.4, 0.5) is 10.1 Å². The van der Waals surface area contributed by atoms with Crippen LogP contribution in [0.15, 0.2) is 77.7 Å². The van der Waals surface area contributed by atoms with Crippen LogP contribution in [0.3, 0.4) is 0 Å². The van der Waals surface area contributed by atoms with Gasteiger partial charge in [0.15, 0.2) is 0 Å². The highest BCUT2D eigenvalue weighted by atomic mass is 32.2. The summed E-state index contributed by atoms with van der Waals surface area (Å²) in [6.45, 7) is 8.64. The minimum atomic E-state index is -4.24. The summed E-state index contributed by atoms with van der Waals surface area (Å²) < 4.78 is 41.9. The van der Waals surface area contributed by atoms with E-state index in [9.17, 15) is 22.4 Å². The van der Waals surface area contributed by atoms with Crippen molar-refractivity contribution in [3.63, 3.8) is 0 Å². The number of halogens is 1. The van der Waals surface area contributed by atoms with Crippen LogP contribution in [0.25, 0.3) is 0 Å². The maximum Gasteiger partial charge on any atom is 0.264 e. The Morgan fingerprint density at radius 2 is 1.53 bits per heavy atom. The molecule has 9 heteroatoms. The predicted molar refractivity (Wildman–Crippen MR) is 147 cm³/mol. The van der Waals surface area contributed by atoms with Crippen LogP contribution in [0.2, 0.25) is 0 Å². The summed E-state index contributed by atoms with van der Waals surface area (Å²) in [6, 6.07) is 17.7. The van der Waals surface area contributed by atoms with Crippen molar-refractivity contribution in [1.82, 2.24) is 10.2 Å². The zero-order valence-corrected chi connectivity index (χ0v) is 23.1. The second kappa shape index (κ2) is 12.2. The lowest BCUT2D eigenvalue weighted by Crippen LogP contribution is -2.52. The normalized spacial score (nSPS) is 12.2. The summed E-state index contributed by atoms with van der Waals surface area (Å²) in [6.07, 6.45) is 0. The second-order valence-corrected chi connectivity index (χ2v) is 11.5. The second-order valence-electron chi connectivity index (χ2n) is 9.65. The summed E-state index contributed by atoms with van der Waals surface area (Å²) in [5.74, 6) is -1.47. The van der Waals surface area contributed by atoms with Crippen LogP contribution >= 0.6 is 0 Å². The van der Waals surface area contributed by atoms with Crippen molar-refractivity contribution in [3.8, 4) is 0 Å². The molecular formula is C29H34FN3O4S. The molecule has 0 aliphatic rings. The number of anilines is 1. The molecule has 0 radical (unpaired) electrons. The molecule has 0 aliphatic carbocycles. The maximum absolute atomic E-state index is 13.8. The molecule has 2 amide bonds. The summed E-state index contributed by atoms with van der Waals surface area (Å²) >= 11 is 0. The largest absolute Gasteiger partial charge is 0.352 e.